The first kappa shape index (κ1) is 51.4. The lowest BCUT2D eigenvalue weighted by Gasteiger charge is -2.00. The van der Waals surface area contributed by atoms with Gasteiger partial charge in [-0.1, -0.05) is 82.5 Å². The molecule has 0 radical (unpaired) electrons. The number of para-hydroxylation sites is 1. The number of thiazole rings is 4. The zero-order valence-electron chi connectivity index (χ0n) is 64.1. The number of nitrogens with zero attached hydrogens (tertiary/aromatic N) is 22. The summed E-state index contributed by atoms with van der Waals surface area (Å²) in [5.74, 6) is 1.19. The number of fused-ring (bicyclic) bond motifs is 35. The molecule has 0 fully saturated rings. The van der Waals surface area contributed by atoms with E-state index < -0.39 is 20.9 Å². The first-order valence-electron chi connectivity index (χ1n) is 38.0. The molecular weight excluding hydrogens is 1390 g/mol. The van der Waals surface area contributed by atoms with Crippen LogP contribution in [-0.4, -0.2) is 72.7 Å². The van der Waals surface area contributed by atoms with E-state index in [9.17, 15) is 0 Å². The van der Waals surface area contributed by atoms with Crippen molar-refractivity contribution in [1.82, 2.24) is 72.7 Å². The summed E-state index contributed by atoms with van der Waals surface area (Å²) in [6, 6.07) is 36.5. The SMILES string of the molecule is Cn1c2ccncc2c2sc3[n+](c21)Cc1cccnc1-3.[2H]C([2H])([2H])[n+]1c2n(c3c1oc1cncc[n+]13)Cc1cccnc1-2.[2H]C([2H])([2H])[n+]1c2n(c3c1sc1cncc[n+]13)Cc1cccnc1-2.[2H]C([2H])([2H])n1c2ccncc2c2sc3[n+](c21)Cc1cccnc1-3.c1ccc(-n2c3ccncc3c3sc4[n+](c32)Cc2cccnc2-4)cc1. The molecule has 0 aliphatic carbocycles. The minimum atomic E-state index is -2.38. The fourth-order valence-corrected chi connectivity index (χ4v) is 20.6. The second kappa shape index (κ2) is 22.9. The number of hydrogen-bond acceptors (Lipinski definition) is 15. The van der Waals surface area contributed by atoms with Gasteiger partial charge >= 0.3 is 51.3 Å². The van der Waals surface area contributed by atoms with Gasteiger partial charge < -0.3 is 4.42 Å². The highest BCUT2D eigenvalue weighted by molar-refractivity contribution is 7.23. The smallest absolute Gasteiger partial charge is 0.378 e. The maximum atomic E-state index is 7.99. The average molecular weight is 1460 g/mol. The van der Waals surface area contributed by atoms with E-state index in [0.29, 0.717) is 64.4 Å². The Balaban J connectivity index is 0.0000000870. The van der Waals surface area contributed by atoms with E-state index in [1.165, 1.54) is 94.4 Å². The van der Waals surface area contributed by atoms with Gasteiger partial charge in [0.2, 0.25) is 19.9 Å². The van der Waals surface area contributed by atoms with E-state index in [1.807, 2.05) is 128 Å². The molecule has 21 aromatic rings. The van der Waals surface area contributed by atoms with Gasteiger partial charge in [-0.3, -0.25) is 39.9 Å². The average Bonchev–Trinajstić information content (AvgIpc) is 1.58. The number of pyridine rings is 8. The molecule has 27 heteroatoms. The first-order chi connectivity index (χ1) is 55.4. The summed E-state index contributed by atoms with van der Waals surface area (Å²) in [6.07, 6.45) is 30.2. The molecule has 0 saturated carbocycles. The molecule has 0 N–H and O–H groups in total. The Bertz CT molecular complexity index is 7450. The molecule has 5 aliphatic heterocycles. The maximum absolute atomic E-state index is 7.99. The van der Waals surface area contributed by atoms with Crippen LogP contribution in [0, 0.1) is 0 Å². The molecule has 23 nitrogen and oxygen atoms in total. The van der Waals surface area contributed by atoms with Gasteiger partial charge in [0.1, 0.15) is 105 Å². The second-order valence-electron chi connectivity index (χ2n) is 25.8. The Hall–Kier alpha value is -12.7. The predicted octanol–water partition coefficient (Wildman–Crippen LogP) is 10.7. The van der Waals surface area contributed by atoms with E-state index in [1.54, 1.807) is 83.8 Å². The number of rotatable bonds is 1. The molecule has 502 valence electrons. The summed E-state index contributed by atoms with van der Waals surface area (Å²) in [4.78, 5) is 45.0. The van der Waals surface area contributed by atoms with Gasteiger partial charge in [-0.15, -0.1) is 0 Å². The van der Waals surface area contributed by atoms with Crippen molar-refractivity contribution in [2.75, 3.05) is 0 Å². The first-order valence-corrected chi connectivity index (χ1v) is 36.8. The van der Waals surface area contributed by atoms with Crippen LogP contribution in [0.25, 0.3) is 157 Å². The van der Waals surface area contributed by atoms with Gasteiger partial charge in [0, 0.05) is 114 Å². The number of aryl methyl sites for hydroxylation is 4. The Morgan fingerprint density at radius 2 is 0.895 bits per heavy atom. The van der Waals surface area contributed by atoms with E-state index in [2.05, 4.69) is 134 Å². The van der Waals surface area contributed by atoms with E-state index in [-0.39, 0.29) is 0 Å². The monoisotopic (exact) mass is 1450 g/mol. The number of imidazole rings is 2. The molecule has 0 unspecified atom stereocenters. The zero-order valence-corrected chi connectivity index (χ0v) is 58.4. The molecule has 5 aliphatic rings. The van der Waals surface area contributed by atoms with Crippen molar-refractivity contribution in [2.45, 2.75) is 32.7 Å². The number of aromatic nitrogens is 22. The zero-order chi connectivity index (χ0) is 76.9. The molecule has 20 aromatic heterocycles. The summed E-state index contributed by atoms with van der Waals surface area (Å²) >= 11 is 6.65. The van der Waals surface area contributed by atoms with Gasteiger partial charge in [0.15, 0.2) is 11.4 Å². The summed E-state index contributed by atoms with van der Waals surface area (Å²) in [7, 11) is 2.13. The summed E-state index contributed by atoms with van der Waals surface area (Å²) < 4.78 is 104. The quantitative estimate of drug-likeness (QED) is 0.142. The Morgan fingerprint density at radius 3 is 1.48 bits per heavy atom. The van der Waals surface area contributed by atoms with Crippen LogP contribution in [-0.2, 0) is 60.7 Å². The van der Waals surface area contributed by atoms with Crippen molar-refractivity contribution in [3.8, 4) is 60.8 Å². The summed E-state index contributed by atoms with van der Waals surface area (Å²) in [5.41, 5.74) is 20.2. The van der Waals surface area contributed by atoms with E-state index in [4.69, 9.17) is 16.8 Å². The van der Waals surface area contributed by atoms with Crippen molar-refractivity contribution in [1.29, 1.82) is 0 Å². The topological polar surface area (TPSA) is 194 Å². The summed E-state index contributed by atoms with van der Waals surface area (Å²) in [5, 5.41) is 6.81. The molecule has 25 heterocycles. The lowest BCUT2D eigenvalue weighted by molar-refractivity contribution is -0.644. The highest BCUT2D eigenvalue weighted by atomic mass is 32.1. The van der Waals surface area contributed by atoms with Crippen LogP contribution in [0.2, 0.25) is 0 Å². The molecule has 0 saturated heterocycles. The van der Waals surface area contributed by atoms with Gasteiger partial charge in [0.05, 0.1) is 75.1 Å². The van der Waals surface area contributed by atoms with Crippen molar-refractivity contribution >= 4 is 141 Å². The lowest BCUT2D eigenvalue weighted by atomic mass is 10.2. The molecule has 26 rings (SSSR count). The third-order valence-electron chi connectivity index (χ3n) is 20.1. The third-order valence-corrected chi connectivity index (χ3v) is 24.8. The van der Waals surface area contributed by atoms with Crippen LogP contribution in [0.15, 0.2) is 219 Å². The number of benzene rings is 1. The van der Waals surface area contributed by atoms with Gasteiger partial charge in [-0.05, 0) is 53.8 Å². The highest BCUT2D eigenvalue weighted by Crippen LogP contribution is 2.43. The summed E-state index contributed by atoms with van der Waals surface area (Å²) in [6.45, 7) is -3.27. The minimum Gasteiger partial charge on any atom is -0.378 e. The van der Waals surface area contributed by atoms with E-state index in [0.717, 1.165) is 83.8 Å². The van der Waals surface area contributed by atoms with Crippen LogP contribution < -0.4 is 31.6 Å². The maximum Gasteiger partial charge on any atom is 0.386 e. The Kier molecular flexibility index (Phi) is 11.2. The molecule has 105 heavy (non-hydrogen) atoms. The van der Waals surface area contributed by atoms with Crippen LogP contribution >= 0.6 is 45.3 Å². The molecular formula is C78H57N22OS4+7. The molecule has 0 bridgehead atoms. The van der Waals surface area contributed by atoms with Gasteiger partial charge in [0.25, 0.3) is 4.83 Å². The van der Waals surface area contributed by atoms with Crippen molar-refractivity contribution in [3.63, 3.8) is 0 Å². The fraction of sp³-hybridized carbons (Fsp3) is 0.115. The molecule has 1 aromatic carbocycles. The van der Waals surface area contributed by atoms with Crippen LogP contribution in [0.3, 0.4) is 0 Å². The third kappa shape index (κ3) is 8.70. The minimum absolute atomic E-state index is 0.296. The van der Waals surface area contributed by atoms with Crippen molar-refractivity contribution in [2.24, 2.45) is 28.0 Å². The number of hydrogen-bond donors (Lipinski definition) is 0. The van der Waals surface area contributed by atoms with Gasteiger partial charge in [-0.25, -0.2) is 37.4 Å². The molecule has 0 spiro atoms. The predicted molar refractivity (Wildman–Crippen MR) is 399 cm³/mol. The molecule has 0 atom stereocenters. The second-order valence-corrected chi connectivity index (χ2v) is 29.8. The van der Waals surface area contributed by atoms with Gasteiger partial charge in [-0.2, -0.15) is 27.1 Å². The van der Waals surface area contributed by atoms with Crippen LogP contribution in [0.1, 0.15) is 40.2 Å². The molecule has 0 amide bonds. The largest absolute Gasteiger partial charge is 0.386 e. The van der Waals surface area contributed by atoms with E-state index >= 15 is 0 Å². The fourth-order valence-electron chi connectivity index (χ4n) is 15.6. The standard InChI is InChI=1S/C20H13N4S.2C15H11N4S.C14H11N5O.C14H11N5S/c1-2-6-14(7-3-1)24-16-8-10-21-11-15(16)18-19(24)23-12-13-5-4-9-22-17(13)20(23)25-18;2*1-18-11-4-6-16-7-10(11)13-14(18)19-8-9-3-2-5-17-12(9)15(19)20-13;2*1-17-12-11-9(3-2-4-16-11)8-19(12)13-14(17)20-10-7-15-5-6-18(10)13/h1-11H,12H2;4*2-7H,8H2,1H3/q3*+1;2*+2/i;1D3;;2*1D3. The number of oxazole rings is 1. The highest BCUT2D eigenvalue weighted by Gasteiger charge is 2.42. The van der Waals surface area contributed by atoms with Crippen LogP contribution in [0.4, 0.5) is 0 Å². The Labute approximate surface area is 622 Å². The van der Waals surface area contributed by atoms with Crippen molar-refractivity contribution in [3.05, 3.63) is 242 Å². The van der Waals surface area contributed by atoms with Crippen molar-refractivity contribution < 1.29 is 48.4 Å². The van der Waals surface area contributed by atoms with Crippen LogP contribution in [0.5, 0.6) is 0 Å². The lowest BCUT2D eigenvalue weighted by Crippen LogP contribution is -2.32. The normalized spacial score (nSPS) is 14.6. The Morgan fingerprint density at radius 1 is 0.419 bits per heavy atom.